The van der Waals surface area contributed by atoms with Crippen molar-refractivity contribution in [3.63, 3.8) is 0 Å². The zero-order valence-corrected chi connectivity index (χ0v) is 13.6. The number of nitrogens with one attached hydrogen (secondary N) is 1. The third-order valence-electron chi connectivity index (χ3n) is 3.58. The lowest BCUT2D eigenvalue weighted by Gasteiger charge is -2.17. The number of benzene rings is 1. The van der Waals surface area contributed by atoms with Crippen LogP contribution in [0.25, 0.3) is 0 Å². The Morgan fingerprint density at radius 3 is 2.40 bits per heavy atom. The maximum absolute atomic E-state index is 3.70. The van der Waals surface area contributed by atoms with Gasteiger partial charge in [0.15, 0.2) is 0 Å². The van der Waals surface area contributed by atoms with Gasteiger partial charge in [-0.15, -0.1) is 11.3 Å². The smallest absolute Gasteiger partial charge is 0.0455 e. The molecule has 2 rings (SSSR count). The van der Waals surface area contributed by atoms with Gasteiger partial charge in [-0.25, -0.2) is 0 Å². The maximum Gasteiger partial charge on any atom is 0.0455 e. The van der Waals surface area contributed by atoms with Crippen molar-refractivity contribution in [1.82, 2.24) is 5.32 Å². The number of aryl methyl sites for hydroxylation is 2. The normalized spacial score (nSPS) is 12.6. The lowest BCUT2D eigenvalue weighted by Crippen LogP contribution is -2.23. The Hall–Kier alpha value is -1.12. The van der Waals surface area contributed by atoms with Crippen molar-refractivity contribution < 1.29 is 0 Å². The van der Waals surface area contributed by atoms with E-state index in [-0.39, 0.29) is 0 Å². The van der Waals surface area contributed by atoms with Crippen LogP contribution in [-0.2, 0) is 12.8 Å². The van der Waals surface area contributed by atoms with E-state index >= 15 is 0 Å². The summed E-state index contributed by atoms with van der Waals surface area (Å²) in [5.41, 5.74) is 2.74. The first kappa shape index (κ1) is 15.3. The molecule has 1 nitrogen and oxygen atoms in total. The second-order valence-electron chi connectivity index (χ2n) is 5.35. The Balaban J connectivity index is 2.12. The predicted octanol–water partition coefficient (Wildman–Crippen LogP) is 4.90. The fourth-order valence-electron chi connectivity index (χ4n) is 2.32. The Labute approximate surface area is 127 Å². The highest BCUT2D eigenvalue weighted by Crippen LogP contribution is 2.26. The molecule has 0 spiro atoms. The van der Waals surface area contributed by atoms with E-state index in [2.05, 4.69) is 62.5 Å². The van der Waals surface area contributed by atoms with Gasteiger partial charge in [-0.3, -0.25) is 0 Å². The van der Waals surface area contributed by atoms with Gasteiger partial charge in [-0.05, 0) is 50.4 Å². The molecule has 0 saturated carbocycles. The van der Waals surface area contributed by atoms with Crippen LogP contribution in [0.1, 0.15) is 47.2 Å². The highest BCUT2D eigenvalue weighted by atomic mass is 32.1. The summed E-state index contributed by atoms with van der Waals surface area (Å²) >= 11 is 1.95. The minimum absolute atomic E-state index is 0.447. The zero-order chi connectivity index (χ0) is 14.4. The minimum atomic E-state index is 0.447. The van der Waals surface area contributed by atoms with Gasteiger partial charge in [-0.1, -0.05) is 43.7 Å². The van der Waals surface area contributed by atoms with Crippen LogP contribution in [0.2, 0.25) is 0 Å². The summed E-state index contributed by atoms with van der Waals surface area (Å²) in [6, 6.07) is 13.9. The molecule has 108 valence electrons. The first-order valence-corrected chi connectivity index (χ1v) is 8.42. The van der Waals surface area contributed by atoms with E-state index < -0.39 is 0 Å². The van der Waals surface area contributed by atoms with E-state index in [0.29, 0.717) is 6.04 Å². The van der Waals surface area contributed by atoms with Crippen molar-refractivity contribution in [2.45, 2.75) is 46.1 Å². The predicted molar refractivity (Wildman–Crippen MR) is 89.6 cm³/mol. The van der Waals surface area contributed by atoms with Crippen molar-refractivity contribution in [3.05, 3.63) is 57.3 Å². The van der Waals surface area contributed by atoms with Gasteiger partial charge < -0.3 is 5.32 Å². The zero-order valence-electron chi connectivity index (χ0n) is 12.8. The Kier molecular flexibility index (Phi) is 5.81. The van der Waals surface area contributed by atoms with Gasteiger partial charge in [0.05, 0.1) is 0 Å². The minimum Gasteiger partial charge on any atom is -0.309 e. The van der Waals surface area contributed by atoms with Crippen LogP contribution < -0.4 is 5.32 Å². The summed E-state index contributed by atoms with van der Waals surface area (Å²) in [6.45, 7) is 7.67. The van der Waals surface area contributed by atoms with E-state index in [4.69, 9.17) is 0 Å². The number of hydrogen-bond acceptors (Lipinski definition) is 2. The number of hydrogen-bond donors (Lipinski definition) is 1. The van der Waals surface area contributed by atoms with Crippen molar-refractivity contribution in [3.8, 4) is 0 Å². The van der Waals surface area contributed by atoms with Crippen molar-refractivity contribution in [2.24, 2.45) is 0 Å². The molecule has 2 heteroatoms. The molecule has 2 aromatic rings. The molecule has 0 amide bonds. The molecule has 0 bridgehead atoms. The molecule has 1 unspecified atom stereocenters. The molecule has 0 aliphatic rings. The standard InChI is InChI=1S/C18H25NS/c1-4-12-19-17(18-11-10-16(5-2)20-18)13-15-8-6-14(3)7-9-15/h6-11,17,19H,4-5,12-13H2,1-3H3. The van der Waals surface area contributed by atoms with Crippen molar-refractivity contribution >= 4 is 11.3 Å². The lowest BCUT2D eigenvalue weighted by molar-refractivity contribution is 0.536. The van der Waals surface area contributed by atoms with E-state index in [0.717, 1.165) is 19.4 Å². The van der Waals surface area contributed by atoms with Crippen LogP contribution in [0, 0.1) is 6.92 Å². The maximum atomic E-state index is 3.70. The van der Waals surface area contributed by atoms with E-state index in [9.17, 15) is 0 Å². The summed E-state index contributed by atoms with van der Waals surface area (Å²) in [4.78, 5) is 2.95. The van der Waals surface area contributed by atoms with Crippen LogP contribution >= 0.6 is 11.3 Å². The molecule has 0 aliphatic heterocycles. The third-order valence-corrected chi connectivity index (χ3v) is 4.92. The van der Waals surface area contributed by atoms with Gasteiger partial charge in [0.25, 0.3) is 0 Å². The Morgan fingerprint density at radius 2 is 1.80 bits per heavy atom. The van der Waals surface area contributed by atoms with Gasteiger partial charge in [0.1, 0.15) is 0 Å². The van der Waals surface area contributed by atoms with E-state index in [1.54, 1.807) is 0 Å². The average molecular weight is 287 g/mol. The number of rotatable bonds is 7. The molecule has 1 N–H and O–H groups in total. The Morgan fingerprint density at radius 1 is 1.05 bits per heavy atom. The van der Waals surface area contributed by atoms with Gasteiger partial charge in [0.2, 0.25) is 0 Å². The molecule has 0 radical (unpaired) electrons. The summed E-state index contributed by atoms with van der Waals surface area (Å²) in [6.07, 6.45) is 3.38. The molecule has 1 atom stereocenters. The highest BCUT2D eigenvalue weighted by Gasteiger charge is 2.13. The SMILES string of the molecule is CCCNC(Cc1ccc(C)cc1)c1ccc(CC)s1. The lowest BCUT2D eigenvalue weighted by atomic mass is 10.0. The Bertz CT molecular complexity index is 512. The van der Waals surface area contributed by atoms with E-state index in [1.165, 1.54) is 27.3 Å². The molecule has 20 heavy (non-hydrogen) atoms. The van der Waals surface area contributed by atoms with E-state index in [1.807, 2.05) is 11.3 Å². The fraction of sp³-hybridized carbons (Fsp3) is 0.444. The van der Waals surface area contributed by atoms with Gasteiger partial charge in [-0.2, -0.15) is 0 Å². The van der Waals surface area contributed by atoms with Gasteiger partial charge in [0, 0.05) is 15.8 Å². The van der Waals surface area contributed by atoms with Crippen LogP contribution in [-0.4, -0.2) is 6.54 Å². The largest absolute Gasteiger partial charge is 0.309 e. The number of thiophene rings is 1. The highest BCUT2D eigenvalue weighted by molar-refractivity contribution is 7.12. The van der Waals surface area contributed by atoms with Crippen molar-refractivity contribution in [2.75, 3.05) is 6.54 Å². The monoisotopic (exact) mass is 287 g/mol. The first-order valence-electron chi connectivity index (χ1n) is 7.60. The first-order chi connectivity index (χ1) is 9.72. The molecule has 0 aliphatic carbocycles. The van der Waals surface area contributed by atoms with Crippen LogP contribution in [0.3, 0.4) is 0 Å². The average Bonchev–Trinajstić information content (AvgIpc) is 2.94. The summed E-state index contributed by atoms with van der Waals surface area (Å²) in [5.74, 6) is 0. The van der Waals surface area contributed by atoms with Crippen molar-refractivity contribution in [1.29, 1.82) is 0 Å². The van der Waals surface area contributed by atoms with Crippen LogP contribution in [0.4, 0.5) is 0 Å². The molecule has 1 aromatic carbocycles. The third kappa shape index (κ3) is 4.19. The molecule has 0 saturated heterocycles. The summed E-state index contributed by atoms with van der Waals surface area (Å²) < 4.78 is 0. The van der Waals surface area contributed by atoms with Crippen LogP contribution in [0.5, 0.6) is 0 Å². The molecule has 1 aromatic heterocycles. The topological polar surface area (TPSA) is 12.0 Å². The molecular weight excluding hydrogens is 262 g/mol. The van der Waals surface area contributed by atoms with Crippen LogP contribution in [0.15, 0.2) is 36.4 Å². The molecule has 1 heterocycles. The fourth-order valence-corrected chi connectivity index (χ4v) is 3.35. The molecular formula is C18H25NS. The summed E-state index contributed by atoms with van der Waals surface area (Å²) in [5, 5.41) is 3.70. The second-order valence-corrected chi connectivity index (χ2v) is 6.55. The van der Waals surface area contributed by atoms with Gasteiger partial charge >= 0.3 is 0 Å². The molecule has 0 fully saturated rings. The quantitative estimate of drug-likeness (QED) is 0.763. The second kappa shape index (κ2) is 7.61. The summed E-state index contributed by atoms with van der Waals surface area (Å²) in [7, 11) is 0.